The summed E-state index contributed by atoms with van der Waals surface area (Å²) in [7, 11) is 0. The standard InChI is InChI=1S/C21H23NO5S/c1-4-22(12-14(2)3)20(23)13-27-21(24)19-8-7-18(28-19)15-5-6-16-17(11-15)26-10-9-25-16/h5-8,11H,2,4,9-10,12-13H2,1,3H3. The van der Waals surface area contributed by atoms with E-state index in [9.17, 15) is 9.59 Å². The number of amides is 1. The van der Waals surface area contributed by atoms with E-state index >= 15 is 0 Å². The average molecular weight is 401 g/mol. The zero-order valence-corrected chi connectivity index (χ0v) is 16.8. The first-order valence-corrected chi connectivity index (χ1v) is 9.88. The van der Waals surface area contributed by atoms with Crippen molar-refractivity contribution < 1.29 is 23.8 Å². The first-order valence-electron chi connectivity index (χ1n) is 9.07. The largest absolute Gasteiger partial charge is 0.486 e. The fraction of sp³-hybridized carbons (Fsp3) is 0.333. The van der Waals surface area contributed by atoms with Crippen LogP contribution in [0.2, 0.25) is 0 Å². The third-order valence-electron chi connectivity index (χ3n) is 4.16. The highest BCUT2D eigenvalue weighted by molar-refractivity contribution is 7.17. The molecular weight excluding hydrogens is 378 g/mol. The molecule has 1 amide bonds. The van der Waals surface area contributed by atoms with Crippen molar-refractivity contribution in [3.05, 3.63) is 47.4 Å². The van der Waals surface area contributed by atoms with Gasteiger partial charge in [0.1, 0.15) is 18.1 Å². The molecule has 2 heterocycles. The number of ether oxygens (including phenoxy) is 3. The van der Waals surface area contributed by atoms with Crippen molar-refractivity contribution in [2.75, 3.05) is 32.9 Å². The monoisotopic (exact) mass is 401 g/mol. The van der Waals surface area contributed by atoms with Crippen molar-refractivity contribution in [3.8, 4) is 21.9 Å². The van der Waals surface area contributed by atoms with Crippen LogP contribution in [0.5, 0.6) is 11.5 Å². The van der Waals surface area contributed by atoms with Crippen molar-refractivity contribution in [1.82, 2.24) is 4.90 Å². The molecule has 0 aliphatic carbocycles. The quantitative estimate of drug-likeness (QED) is 0.522. The van der Waals surface area contributed by atoms with Gasteiger partial charge in [0, 0.05) is 18.0 Å². The Labute approximate surface area is 168 Å². The van der Waals surface area contributed by atoms with Gasteiger partial charge in [-0.1, -0.05) is 12.2 Å². The van der Waals surface area contributed by atoms with Gasteiger partial charge < -0.3 is 19.1 Å². The van der Waals surface area contributed by atoms with E-state index in [1.165, 1.54) is 11.3 Å². The molecule has 0 bridgehead atoms. The van der Waals surface area contributed by atoms with Crippen LogP contribution >= 0.6 is 11.3 Å². The minimum Gasteiger partial charge on any atom is -0.486 e. The van der Waals surface area contributed by atoms with E-state index in [-0.39, 0.29) is 12.5 Å². The molecule has 0 saturated carbocycles. The highest BCUT2D eigenvalue weighted by Crippen LogP contribution is 2.37. The second-order valence-electron chi connectivity index (χ2n) is 6.46. The Morgan fingerprint density at radius 2 is 1.93 bits per heavy atom. The molecule has 0 saturated heterocycles. The van der Waals surface area contributed by atoms with E-state index in [1.54, 1.807) is 11.0 Å². The van der Waals surface area contributed by atoms with Crippen molar-refractivity contribution in [2.45, 2.75) is 13.8 Å². The van der Waals surface area contributed by atoms with Crippen LogP contribution in [0.25, 0.3) is 10.4 Å². The Kier molecular flexibility index (Phi) is 6.36. The maximum atomic E-state index is 12.3. The molecule has 0 fully saturated rings. The molecule has 7 heteroatoms. The Morgan fingerprint density at radius 1 is 1.18 bits per heavy atom. The fourth-order valence-corrected chi connectivity index (χ4v) is 3.69. The summed E-state index contributed by atoms with van der Waals surface area (Å²) in [4.78, 5) is 27.5. The van der Waals surface area contributed by atoms with Crippen molar-refractivity contribution in [3.63, 3.8) is 0 Å². The number of rotatable bonds is 7. The van der Waals surface area contributed by atoms with Gasteiger partial charge in [-0.05, 0) is 49.7 Å². The van der Waals surface area contributed by atoms with Gasteiger partial charge in [-0.25, -0.2) is 4.79 Å². The minimum absolute atomic E-state index is 0.234. The number of likely N-dealkylation sites (N-methyl/N-ethyl adjacent to an activating group) is 1. The fourth-order valence-electron chi connectivity index (χ4n) is 2.79. The molecule has 0 radical (unpaired) electrons. The Hall–Kier alpha value is -2.80. The van der Waals surface area contributed by atoms with E-state index in [2.05, 4.69) is 6.58 Å². The summed E-state index contributed by atoms with van der Waals surface area (Å²) < 4.78 is 16.3. The summed E-state index contributed by atoms with van der Waals surface area (Å²) in [6.45, 7) is 9.32. The lowest BCUT2D eigenvalue weighted by molar-refractivity contribution is -0.133. The predicted molar refractivity (Wildman–Crippen MR) is 108 cm³/mol. The van der Waals surface area contributed by atoms with Gasteiger partial charge in [0.25, 0.3) is 5.91 Å². The minimum atomic E-state index is -0.506. The van der Waals surface area contributed by atoms with Gasteiger partial charge in [-0.2, -0.15) is 0 Å². The number of carbonyl (C=O) groups excluding carboxylic acids is 2. The summed E-state index contributed by atoms with van der Waals surface area (Å²) in [5.74, 6) is 0.681. The summed E-state index contributed by atoms with van der Waals surface area (Å²) in [5.41, 5.74) is 1.81. The molecule has 1 aromatic carbocycles. The first-order chi connectivity index (χ1) is 13.5. The topological polar surface area (TPSA) is 65.1 Å². The van der Waals surface area contributed by atoms with E-state index in [4.69, 9.17) is 14.2 Å². The molecule has 3 rings (SSSR count). The third-order valence-corrected chi connectivity index (χ3v) is 5.27. The summed E-state index contributed by atoms with van der Waals surface area (Å²) >= 11 is 1.31. The van der Waals surface area contributed by atoms with E-state index in [0.29, 0.717) is 36.9 Å². The van der Waals surface area contributed by atoms with Crippen LogP contribution in [-0.2, 0) is 9.53 Å². The van der Waals surface area contributed by atoms with E-state index in [0.717, 1.165) is 21.8 Å². The van der Waals surface area contributed by atoms with Crippen LogP contribution in [0.4, 0.5) is 0 Å². The van der Waals surface area contributed by atoms with Gasteiger partial charge in [0.15, 0.2) is 18.1 Å². The van der Waals surface area contributed by atoms with Crippen LogP contribution in [0.3, 0.4) is 0 Å². The molecular formula is C21H23NO5S. The van der Waals surface area contributed by atoms with Crippen LogP contribution in [0, 0.1) is 0 Å². The molecule has 0 atom stereocenters. The van der Waals surface area contributed by atoms with Gasteiger partial charge in [0.2, 0.25) is 0 Å². The zero-order valence-electron chi connectivity index (χ0n) is 16.0. The number of thiophene rings is 1. The van der Waals surface area contributed by atoms with Crippen molar-refractivity contribution in [1.29, 1.82) is 0 Å². The molecule has 1 aromatic heterocycles. The van der Waals surface area contributed by atoms with E-state index in [1.807, 2.05) is 38.1 Å². The molecule has 28 heavy (non-hydrogen) atoms. The van der Waals surface area contributed by atoms with Gasteiger partial charge >= 0.3 is 5.97 Å². The van der Waals surface area contributed by atoms with Crippen LogP contribution in [0.15, 0.2) is 42.5 Å². The number of hydrogen-bond acceptors (Lipinski definition) is 6. The van der Waals surface area contributed by atoms with Crippen LogP contribution < -0.4 is 9.47 Å². The molecule has 0 spiro atoms. The third kappa shape index (κ3) is 4.72. The van der Waals surface area contributed by atoms with E-state index < -0.39 is 5.97 Å². The lowest BCUT2D eigenvalue weighted by atomic mass is 10.1. The lowest BCUT2D eigenvalue weighted by Crippen LogP contribution is -2.35. The van der Waals surface area contributed by atoms with Crippen molar-refractivity contribution >= 4 is 23.2 Å². The highest BCUT2D eigenvalue weighted by atomic mass is 32.1. The number of hydrogen-bond donors (Lipinski definition) is 0. The maximum absolute atomic E-state index is 12.3. The molecule has 148 valence electrons. The molecule has 6 nitrogen and oxygen atoms in total. The lowest BCUT2D eigenvalue weighted by Gasteiger charge is -2.20. The first kappa shape index (κ1) is 19.9. The second-order valence-corrected chi connectivity index (χ2v) is 7.55. The highest BCUT2D eigenvalue weighted by Gasteiger charge is 2.18. The molecule has 0 unspecified atom stereocenters. The predicted octanol–water partition coefficient (Wildman–Crippen LogP) is 3.77. The molecule has 1 aliphatic rings. The number of fused-ring (bicyclic) bond motifs is 1. The number of benzene rings is 1. The second kappa shape index (κ2) is 8.93. The molecule has 1 aliphatic heterocycles. The maximum Gasteiger partial charge on any atom is 0.348 e. The Morgan fingerprint density at radius 3 is 2.64 bits per heavy atom. The smallest absolute Gasteiger partial charge is 0.348 e. The SMILES string of the molecule is C=C(C)CN(CC)C(=O)COC(=O)c1ccc(-c2ccc3c(c2)OCCO3)s1. The van der Waals surface area contributed by atoms with Crippen LogP contribution in [-0.4, -0.2) is 49.7 Å². The average Bonchev–Trinajstić information content (AvgIpc) is 3.19. The zero-order chi connectivity index (χ0) is 20.1. The number of esters is 1. The van der Waals surface area contributed by atoms with Crippen LogP contribution in [0.1, 0.15) is 23.5 Å². The van der Waals surface area contributed by atoms with Gasteiger partial charge in [-0.3, -0.25) is 4.79 Å². The Balaban J connectivity index is 1.62. The van der Waals surface area contributed by atoms with Gasteiger partial charge in [0.05, 0.1) is 0 Å². The Bertz CT molecular complexity index is 889. The molecule has 0 N–H and O–H groups in total. The number of nitrogens with zero attached hydrogens (tertiary/aromatic N) is 1. The van der Waals surface area contributed by atoms with Gasteiger partial charge in [-0.15, -0.1) is 11.3 Å². The summed E-state index contributed by atoms with van der Waals surface area (Å²) in [6.07, 6.45) is 0. The molecule has 2 aromatic rings. The normalized spacial score (nSPS) is 12.4. The summed E-state index contributed by atoms with van der Waals surface area (Å²) in [6, 6.07) is 9.24. The summed E-state index contributed by atoms with van der Waals surface area (Å²) in [5, 5.41) is 0. The van der Waals surface area contributed by atoms with Crippen molar-refractivity contribution in [2.24, 2.45) is 0 Å². The number of carbonyl (C=O) groups is 2.